The van der Waals surface area contributed by atoms with Crippen molar-refractivity contribution in [1.82, 2.24) is 4.31 Å². The van der Waals surface area contributed by atoms with Gasteiger partial charge in [-0.1, -0.05) is 31.0 Å². The molecule has 1 atom stereocenters. The van der Waals surface area contributed by atoms with Gasteiger partial charge in [0.15, 0.2) is 5.79 Å². The fourth-order valence-corrected chi connectivity index (χ4v) is 5.18. The molecule has 2 aliphatic heterocycles. The monoisotopic (exact) mass is 339 g/mol. The first-order chi connectivity index (χ1) is 11.0. The Bertz CT molecular complexity index is 635. The summed E-state index contributed by atoms with van der Waals surface area (Å²) in [4.78, 5) is 0.369. The van der Waals surface area contributed by atoms with Gasteiger partial charge in [-0.3, -0.25) is 0 Å². The molecule has 0 radical (unpaired) electrons. The van der Waals surface area contributed by atoms with Crippen LogP contribution in [0.25, 0.3) is 0 Å². The van der Waals surface area contributed by atoms with Gasteiger partial charge in [0.2, 0.25) is 10.0 Å². The van der Waals surface area contributed by atoms with Gasteiger partial charge in [0.1, 0.15) is 0 Å². The predicted octanol–water partition coefficient (Wildman–Crippen LogP) is 2.69. The highest BCUT2D eigenvalue weighted by Crippen LogP contribution is 2.38. The first kappa shape index (κ1) is 16.9. The van der Waals surface area contributed by atoms with Gasteiger partial charge in [0.05, 0.1) is 18.1 Å². The van der Waals surface area contributed by atoms with Crippen molar-refractivity contribution in [3.05, 3.63) is 29.8 Å². The van der Waals surface area contributed by atoms with Gasteiger partial charge in [-0.25, -0.2) is 8.42 Å². The van der Waals surface area contributed by atoms with E-state index < -0.39 is 15.8 Å². The Morgan fingerprint density at radius 1 is 1.22 bits per heavy atom. The summed E-state index contributed by atoms with van der Waals surface area (Å²) in [5, 5.41) is 0. The lowest BCUT2D eigenvalue weighted by Crippen LogP contribution is -2.53. The lowest BCUT2D eigenvalue weighted by molar-refractivity contribution is -0.189. The smallest absolute Gasteiger partial charge is 0.243 e. The summed E-state index contributed by atoms with van der Waals surface area (Å²) in [5.74, 6) is -0.570. The van der Waals surface area contributed by atoms with Gasteiger partial charge in [0, 0.05) is 25.4 Å². The highest BCUT2D eigenvalue weighted by Gasteiger charge is 2.47. The third kappa shape index (κ3) is 3.31. The average Bonchev–Trinajstić information content (AvgIpc) is 2.96. The van der Waals surface area contributed by atoms with Crippen LogP contribution in [0, 0.1) is 6.92 Å². The second-order valence-corrected chi connectivity index (χ2v) is 8.32. The molecule has 0 N–H and O–H groups in total. The largest absolute Gasteiger partial charge is 0.347 e. The van der Waals surface area contributed by atoms with Crippen LogP contribution >= 0.6 is 0 Å². The molecule has 5 nitrogen and oxygen atoms in total. The fraction of sp³-hybridized carbons (Fsp3) is 0.647. The number of sulfonamides is 1. The maximum absolute atomic E-state index is 13.0. The lowest BCUT2D eigenvalue weighted by atomic mass is 9.95. The van der Waals surface area contributed by atoms with E-state index in [2.05, 4.69) is 6.92 Å². The van der Waals surface area contributed by atoms with Crippen LogP contribution in [0.15, 0.2) is 29.2 Å². The molecule has 1 spiro atoms. The molecule has 1 aromatic rings. The average molecular weight is 339 g/mol. The zero-order valence-corrected chi connectivity index (χ0v) is 14.6. The van der Waals surface area contributed by atoms with E-state index in [1.54, 1.807) is 16.4 Å². The van der Waals surface area contributed by atoms with Crippen LogP contribution < -0.4 is 0 Å². The van der Waals surface area contributed by atoms with Gasteiger partial charge in [-0.2, -0.15) is 4.31 Å². The van der Waals surface area contributed by atoms with Gasteiger partial charge < -0.3 is 9.47 Å². The molecule has 128 valence electrons. The van der Waals surface area contributed by atoms with Crippen LogP contribution in [0.4, 0.5) is 0 Å². The second kappa shape index (κ2) is 6.51. The van der Waals surface area contributed by atoms with Crippen molar-refractivity contribution in [3.63, 3.8) is 0 Å². The lowest BCUT2D eigenvalue weighted by Gasteiger charge is -2.42. The molecule has 0 bridgehead atoms. The SMILES string of the molecule is CCCC1CC2(CCN1S(=O)(=O)c1ccc(C)cc1)OCCO2. The standard InChI is InChI=1S/C17H25NO4S/c1-3-4-15-13-17(21-11-12-22-17)9-10-18(15)23(19,20)16-7-5-14(2)6-8-16/h5-8,15H,3-4,9-13H2,1-2H3. The minimum absolute atomic E-state index is 0.0712. The number of benzene rings is 1. The summed E-state index contributed by atoms with van der Waals surface area (Å²) in [6.07, 6.45) is 2.96. The third-order valence-corrected chi connectivity index (χ3v) is 6.70. The molecule has 0 aliphatic carbocycles. The number of ether oxygens (including phenoxy) is 2. The van der Waals surface area contributed by atoms with Crippen molar-refractivity contribution in [1.29, 1.82) is 0 Å². The van der Waals surface area contributed by atoms with Crippen LogP contribution in [-0.4, -0.2) is 44.3 Å². The summed E-state index contributed by atoms with van der Waals surface area (Å²) >= 11 is 0. The minimum Gasteiger partial charge on any atom is -0.347 e. The number of aryl methyl sites for hydroxylation is 1. The van der Waals surface area contributed by atoms with Gasteiger partial charge in [0.25, 0.3) is 0 Å². The Hall–Kier alpha value is -0.950. The molecule has 2 fully saturated rings. The summed E-state index contributed by atoms with van der Waals surface area (Å²) in [5.41, 5.74) is 1.06. The Balaban J connectivity index is 1.86. The molecule has 0 aromatic heterocycles. The molecule has 3 rings (SSSR count). The number of nitrogens with zero attached hydrogens (tertiary/aromatic N) is 1. The van der Waals surface area contributed by atoms with Crippen LogP contribution in [-0.2, 0) is 19.5 Å². The normalized spacial score (nSPS) is 25.0. The zero-order valence-electron chi connectivity index (χ0n) is 13.8. The van der Waals surface area contributed by atoms with Crippen molar-refractivity contribution in [2.24, 2.45) is 0 Å². The van der Waals surface area contributed by atoms with Crippen molar-refractivity contribution >= 4 is 10.0 Å². The van der Waals surface area contributed by atoms with Crippen molar-refractivity contribution < 1.29 is 17.9 Å². The molecule has 0 amide bonds. The third-order valence-electron chi connectivity index (χ3n) is 4.73. The fourth-order valence-electron chi connectivity index (χ4n) is 3.53. The number of hydrogen-bond donors (Lipinski definition) is 0. The molecule has 2 heterocycles. The van der Waals surface area contributed by atoms with Gasteiger partial charge in [-0.05, 0) is 25.5 Å². The van der Waals surface area contributed by atoms with Crippen LogP contribution in [0.5, 0.6) is 0 Å². The molecule has 0 saturated carbocycles. The number of piperidine rings is 1. The molecule has 1 aromatic carbocycles. The first-order valence-electron chi connectivity index (χ1n) is 8.33. The van der Waals surface area contributed by atoms with E-state index in [-0.39, 0.29) is 6.04 Å². The zero-order chi connectivity index (χ0) is 16.5. The first-order valence-corrected chi connectivity index (χ1v) is 9.77. The van der Waals surface area contributed by atoms with Crippen molar-refractivity contribution in [2.45, 2.75) is 56.3 Å². The van der Waals surface area contributed by atoms with Crippen LogP contribution in [0.3, 0.4) is 0 Å². The molecule has 1 unspecified atom stereocenters. The Labute approximate surface area is 138 Å². The van der Waals surface area contributed by atoms with E-state index >= 15 is 0 Å². The van der Waals surface area contributed by atoms with Crippen LogP contribution in [0.2, 0.25) is 0 Å². The van der Waals surface area contributed by atoms with Gasteiger partial charge in [-0.15, -0.1) is 0 Å². The number of rotatable bonds is 4. The highest BCUT2D eigenvalue weighted by molar-refractivity contribution is 7.89. The van der Waals surface area contributed by atoms with E-state index in [1.807, 2.05) is 19.1 Å². The summed E-state index contributed by atoms with van der Waals surface area (Å²) in [7, 11) is -3.47. The second-order valence-electron chi connectivity index (χ2n) is 6.43. The van der Waals surface area contributed by atoms with E-state index in [4.69, 9.17) is 9.47 Å². The van der Waals surface area contributed by atoms with Crippen LogP contribution in [0.1, 0.15) is 38.2 Å². The number of hydrogen-bond acceptors (Lipinski definition) is 4. The predicted molar refractivity (Wildman–Crippen MR) is 87.6 cm³/mol. The van der Waals surface area contributed by atoms with E-state index in [9.17, 15) is 8.42 Å². The van der Waals surface area contributed by atoms with E-state index in [0.717, 1.165) is 18.4 Å². The summed E-state index contributed by atoms with van der Waals surface area (Å²) in [6, 6.07) is 7.01. The Morgan fingerprint density at radius 2 is 1.87 bits per heavy atom. The van der Waals surface area contributed by atoms with E-state index in [0.29, 0.717) is 37.5 Å². The van der Waals surface area contributed by atoms with Gasteiger partial charge >= 0.3 is 0 Å². The van der Waals surface area contributed by atoms with E-state index in [1.165, 1.54) is 0 Å². The maximum Gasteiger partial charge on any atom is 0.243 e. The molecule has 23 heavy (non-hydrogen) atoms. The van der Waals surface area contributed by atoms with Crippen molar-refractivity contribution in [3.8, 4) is 0 Å². The molecular weight excluding hydrogens is 314 g/mol. The van der Waals surface area contributed by atoms with Crippen molar-refractivity contribution in [2.75, 3.05) is 19.8 Å². The minimum atomic E-state index is -3.47. The molecule has 6 heteroatoms. The topological polar surface area (TPSA) is 55.8 Å². The Kier molecular flexibility index (Phi) is 4.78. The quantitative estimate of drug-likeness (QED) is 0.846. The summed E-state index contributed by atoms with van der Waals surface area (Å²) < 4.78 is 39.3. The Morgan fingerprint density at radius 3 is 2.48 bits per heavy atom. The molecular formula is C17H25NO4S. The summed E-state index contributed by atoms with van der Waals surface area (Å²) in [6.45, 7) is 5.68. The maximum atomic E-state index is 13.0. The molecule has 2 aliphatic rings. The highest BCUT2D eigenvalue weighted by atomic mass is 32.2. The molecule has 2 saturated heterocycles.